The highest BCUT2D eigenvalue weighted by Crippen LogP contribution is 2.37. The Bertz CT molecular complexity index is 1310. The van der Waals surface area contributed by atoms with Crippen LogP contribution in [0.4, 0.5) is 35.1 Å². The van der Waals surface area contributed by atoms with E-state index >= 15 is 0 Å². The third kappa shape index (κ3) is 4.99. The highest BCUT2D eigenvalue weighted by Gasteiger charge is 2.39. The van der Waals surface area contributed by atoms with Gasteiger partial charge < -0.3 is 14.2 Å². The number of benzene rings is 1. The van der Waals surface area contributed by atoms with E-state index in [1.807, 2.05) is 0 Å². The second kappa shape index (κ2) is 9.30. The minimum atomic E-state index is -5.04. The number of carbonyl (C=O) groups is 1. The molecule has 1 aliphatic rings. The molecular weight excluding hydrogens is 504 g/mol. The number of aryl methyl sites for hydroxylation is 1. The third-order valence-corrected chi connectivity index (χ3v) is 5.56. The predicted molar refractivity (Wildman–Crippen MR) is 110 cm³/mol. The molecule has 0 radical (unpaired) electrons. The molecule has 0 aliphatic carbocycles. The topological polar surface area (TPSA) is 60.2 Å². The molecule has 0 atom stereocenters. The number of aromatic nitrogens is 3. The Morgan fingerprint density at radius 1 is 1.25 bits per heavy atom. The molecule has 36 heavy (non-hydrogen) atoms. The van der Waals surface area contributed by atoms with Crippen LogP contribution in [0, 0.1) is 12.7 Å². The molecule has 14 heteroatoms. The van der Waals surface area contributed by atoms with Crippen molar-refractivity contribution in [3.8, 4) is 11.1 Å². The molecule has 0 spiro atoms. The number of amides is 1. The van der Waals surface area contributed by atoms with E-state index in [1.165, 1.54) is 19.1 Å². The molecule has 6 nitrogen and oxygen atoms in total. The Morgan fingerprint density at radius 2 is 1.97 bits per heavy atom. The maximum atomic E-state index is 15.0. The smallest absolute Gasteiger partial charge is 0.373 e. The first-order valence-corrected chi connectivity index (χ1v) is 10.5. The van der Waals surface area contributed by atoms with Crippen LogP contribution in [-0.4, -0.2) is 64.0 Å². The first-order valence-electron chi connectivity index (χ1n) is 10.5. The summed E-state index contributed by atoms with van der Waals surface area (Å²) in [5, 5.41) is 0. The van der Waals surface area contributed by atoms with E-state index < -0.39 is 61.5 Å². The normalized spacial score (nSPS) is 16.6. The number of pyridine rings is 1. The van der Waals surface area contributed by atoms with Crippen molar-refractivity contribution in [2.24, 2.45) is 0 Å². The van der Waals surface area contributed by atoms with Crippen LogP contribution in [-0.2, 0) is 17.5 Å². The van der Waals surface area contributed by atoms with Crippen molar-refractivity contribution in [1.82, 2.24) is 19.4 Å². The van der Waals surface area contributed by atoms with Crippen LogP contribution in [0.2, 0.25) is 0 Å². The molecule has 3 aromatic rings. The Balaban J connectivity index is 1.79. The maximum Gasteiger partial charge on any atom is 0.449 e. The number of carbonyl (C=O) groups excluding carboxylic acids is 1. The van der Waals surface area contributed by atoms with Gasteiger partial charge in [0.25, 0.3) is 18.3 Å². The number of nitrogens with zero attached hydrogens (tertiary/aromatic N) is 4. The fraction of sp³-hybridized carbons (Fsp3) is 0.409. The summed E-state index contributed by atoms with van der Waals surface area (Å²) in [5.41, 5.74) is -1.08. The summed E-state index contributed by atoms with van der Waals surface area (Å²) in [6, 6.07) is 3.37. The number of halogens is 8. The van der Waals surface area contributed by atoms with E-state index in [4.69, 9.17) is 4.74 Å². The van der Waals surface area contributed by atoms with Gasteiger partial charge in [0, 0.05) is 23.9 Å². The van der Waals surface area contributed by atoms with Gasteiger partial charge in [0.05, 0.1) is 30.7 Å². The van der Waals surface area contributed by atoms with Gasteiger partial charge in [-0.2, -0.15) is 13.2 Å². The van der Waals surface area contributed by atoms with Crippen molar-refractivity contribution in [3.63, 3.8) is 0 Å². The zero-order valence-electron chi connectivity index (χ0n) is 18.6. The molecule has 1 aliphatic heterocycles. The molecule has 4 rings (SSSR count). The molecule has 194 valence electrons. The fourth-order valence-electron chi connectivity index (χ4n) is 4.05. The molecule has 0 saturated carbocycles. The minimum absolute atomic E-state index is 0.00822. The monoisotopic (exact) mass is 522 g/mol. The number of hydrogen-bond acceptors (Lipinski definition) is 4. The van der Waals surface area contributed by atoms with E-state index in [2.05, 4.69) is 9.97 Å². The van der Waals surface area contributed by atoms with Crippen LogP contribution in [0.25, 0.3) is 22.2 Å². The summed E-state index contributed by atoms with van der Waals surface area (Å²) in [7, 11) is 0. The van der Waals surface area contributed by atoms with Gasteiger partial charge in [0.1, 0.15) is 6.61 Å². The fourth-order valence-corrected chi connectivity index (χ4v) is 4.05. The van der Waals surface area contributed by atoms with Crippen molar-refractivity contribution < 1.29 is 44.7 Å². The molecule has 0 N–H and O–H groups in total. The number of hydrogen-bond donors (Lipinski definition) is 0. The Labute approximate surface area is 198 Å². The third-order valence-electron chi connectivity index (χ3n) is 5.56. The van der Waals surface area contributed by atoms with Crippen molar-refractivity contribution in [1.29, 1.82) is 0 Å². The van der Waals surface area contributed by atoms with Gasteiger partial charge in [0.2, 0.25) is 5.82 Å². The number of alkyl halides is 7. The summed E-state index contributed by atoms with van der Waals surface area (Å²) < 4.78 is 114. The summed E-state index contributed by atoms with van der Waals surface area (Å²) in [6.07, 6.45) is -7.16. The number of rotatable bonds is 4. The Hall–Kier alpha value is -3.29. The highest BCUT2D eigenvalue weighted by atomic mass is 19.4. The zero-order chi connectivity index (χ0) is 26.4. The van der Waals surface area contributed by atoms with Gasteiger partial charge in [-0.1, -0.05) is 6.07 Å². The van der Waals surface area contributed by atoms with Gasteiger partial charge in [-0.25, -0.2) is 31.9 Å². The maximum absolute atomic E-state index is 15.0. The lowest BCUT2D eigenvalue weighted by Gasteiger charge is -2.23. The van der Waals surface area contributed by atoms with Gasteiger partial charge in [-0.15, -0.1) is 0 Å². The lowest BCUT2D eigenvalue weighted by molar-refractivity contribution is -0.147. The van der Waals surface area contributed by atoms with E-state index in [0.717, 1.165) is 12.3 Å². The van der Waals surface area contributed by atoms with Crippen molar-refractivity contribution in [2.75, 3.05) is 26.3 Å². The van der Waals surface area contributed by atoms with E-state index in [9.17, 15) is 39.9 Å². The van der Waals surface area contributed by atoms with Gasteiger partial charge in [-0.05, 0) is 24.6 Å². The average Bonchev–Trinajstić information content (AvgIpc) is 3.02. The zero-order valence-corrected chi connectivity index (χ0v) is 18.6. The lowest BCUT2D eigenvalue weighted by Crippen LogP contribution is -2.41. The summed E-state index contributed by atoms with van der Waals surface area (Å²) in [6.45, 7) is -2.09. The Kier molecular flexibility index (Phi) is 6.66. The first-order chi connectivity index (χ1) is 16.8. The van der Waals surface area contributed by atoms with Gasteiger partial charge in [0.15, 0.2) is 11.5 Å². The number of imidazole rings is 1. The lowest BCUT2D eigenvalue weighted by atomic mass is 9.99. The molecule has 1 amide bonds. The Morgan fingerprint density at radius 3 is 2.61 bits per heavy atom. The molecule has 0 unspecified atom stereocenters. The summed E-state index contributed by atoms with van der Waals surface area (Å²) >= 11 is 0. The van der Waals surface area contributed by atoms with E-state index in [1.54, 1.807) is 0 Å². The SMILES string of the molecule is Cc1ccc2c(nc(C(F)(F)F)n2CC(F)F)c1-c1cnc(C(=O)N2CCOCC(F)(F)C2)c(F)c1. The molecule has 2 aromatic heterocycles. The molecule has 1 saturated heterocycles. The first kappa shape index (κ1) is 25.8. The van der Waals surface area contributed by atoms with Crippen LogP contribution < -0.4 is 0 Å². The highest BCUT2D eigenvalue weighted by molar-refractivity contribution is 5.96. The van der Waals surface area contributed by atoms with E-state index in [-0.39, 0.29) is 35.3 Å². The van der Waals surface area contributed by atoms with E-state index in [0.29, 0.717) is 15.0 Å². The second-order valence-corrected chi connectivity index (χ2v) is 8.25. The average molecular weight is 522 g/mol. The molecule has 0 bridgehead atoms. The second-order valence-electron chi connectivity index (χ2n) is 8.25. The summed E-state index contributed by atoms with van der Waals surface area (Å²) in [5.74, 6) is -7.21. The minimum Gasteiger partial charge on any atom is -0.373 e. The largest absolute Gasteiger partial charge is 0.449 e. The van der Waals surface area contributed by atoms with Crippen molar-refractivity contribution in [2.45, 2.75) is 32.0 Å². The van der Waals surface area contributed by atoms with Gasteiger partial charge >= 0.3 is 6.18 Å². The van der Waals surface area contributed by atoms with Crippen molar-refractivity contribution >= 4 is 16.9 Å². The van der Waals surface area contributed by atoms with Crippen LogP contribution in [0.3, 0.4) is 0 Å². The quantitative estimate of drug-likeness (QED) is 0.456. The van der Waals surface area contributed by atoms with Gasteiger partial charge in [-0.3, -0.25) is 4.79 Å². The summed E-state index contributed by atoms with van der Waals surface area (Å²) in [4.78, 5) is 20.7. The molecule has 1 fully saturated rings. The molecule has 3 heterocycles. The molecular formula is C22H18F8N4O2. The van der Waals surface area contributed by atoms with Crippen LogP contribution in [0.15, 0.2) is 24.4 Å². The van der Waals surface area contributed by atoms with Crippen molar-refractivity contribution in [3.05, 3.63) is 47.3 Å². The standard InChI is InChI=1S/C22H18F8N4O2/c1-11-2-3-14-18(32-20(22(28,29)30)34(14)8-15(24)25)16(11)12-6-13(23)17(31-7-12)19(35)33-4-5-36-10-21(26,27)9-33/h2-3,6-7,15H,4-5,8-10H2,1H3. The predicted octanol–water partition coefficient (Wildman–Crippen LogP) is 4.94. The number of ether oxygens (including phenoxy) is 1. The van der Waals surface area contributed by atoms with Crippen LogP contribution in [0.5, 0.6) is 0 Å². The van der Waals surface area contributed by atoms with Crippen LogP contribution >= 0.6 is 0 Å². The molecule has 1 aromatic carbocycles. The van der Waals surface area contributed by atoms with Crippen LogP contribution in [0.1, 0.15) is 21.9 Å². The number of fused-ring (bicyclic) bond motifs is 1.